The number of nitrogens with zero attached hydrogens (tertiary/aromatic N) is 5. The van der Waals surface area contributed by atoms with Crippen molar-refractivity contribution >= 4 is 49.3 Å². The van der Waals surface area contributed by atoms with Crippen LogP contribution in [0.25, 0.3) is 11.4 Å². The average molecular weight is 454 g/mol. The number of benzene rings is 1. The molecule has 0 fully saturated rings. The first-order chi connectivity index (χ1) is 13.7. The van der Waals surface area contributed by atoms with Crippen molar-refractivity contribution in [1.29, 1.82) is 0 Å². The number of aromatic nitrogens is 5. The van der Waals surface area contributed by atoms with Crippen LogP contribution in [0.4, 0.5) is 10.3 Å². The van der Waals surface area contributed by atoms with Crippen LogP contribution in [0.15, 0.2) is 29.4 Å². The second-order valence-electron chi connectivity index (χ2n) is 6.04. The van der Waals surface area contributed by atoms with Crippen LogP contribution < -0.4 is 10.0 Å². The number of carbonyl (C=O) groups is 1. The van der Waals surface area contributed by atoms with E-state index in [1.807, 2.05) is 42.7 Å². The minimum atomic E-state index is -3.45. The van der Waals surface area contributed by atoms with Gasteiger partial charge in [0.25, 0.3) is 0 Å². The van der Waals surface area contributed by atoms with Crippen LogP contribution >= 0.6 is 23.1 Å². The van der Waals surface area contributed by atoms with E-state index in [-0.39, 0.29) is 21.9 Å². The lowest BCUT2D eigenvalue weighted by Crippen LogP contribution is -2.14. The molecule has 1 amide bonds. The van der Waals surface area contributed by atoms with Gasteiger partial charge < -0.3 is 4.57 Å². The first-order valence-corrected chi connectivity index (χ1v) is 12.2. The van der Waals surface area contributed by atoms with E-state index in [2.05, 4.69) is 30.4 Å². The summed E-state index contributed by atoms with van der Waals surface area (Å²) < 4.78 is 26.6. The van der Waals surface area contributed by atoms with Crippen molar-refractivity contribution in [1.82, 2.24) is 25.0 Å². The molecule has 0 saturated heterocycles. The van der Waals surface area contributed by atoms with Gasteiger partial charge in [-0.15, -0.1) is 20.4 Å². The van der Waals surface area contributed by atoms with E-state index < -0.39 is 10.0 Å². The van der Waals surface area contributed by atoms with Crippen LogP contribution in [-0.2, 0) is 21.4 Å². The van der Waals surface area contributed by atoms with E-state index in [4.69, 9.17) is 0 Å². The van der Waals surface area contributed by atoms with Crippen molar-refractivity contribution in [3.05, 3.63) is 29.8 Å². The van der Waals surface area contributed by atoms with Crippen molar-refractivity contribution in [2.75, 3.05) is 22.0 Å². The van der Waals surface area contributed by atoms with Crippen LogP contribution in [0.3, 0.4) is 0 Å². The van der Waals surface area contributed by atoms with Gasteiger partial charge in [0, 0.05) is 12.1 Å². The van der Waals surface area contributed by atoms with Gasteiger partial charge in [-0.1, -0.05) is 46.9 Å². The Morgan fingerprint density at radius 1 is 1.21 bits per heavy atom. The Hall–Kier alpha value is -2.51. The van der Waals surface area contributed by atoms with Crippen LogP contribution in [0.2, 0.25) is 0 Å². The quantitative estimate of drug-likeness (QED) is 0.496. The lowest BCUT2D eigenvalue weighted by molar-refractivity contribution is -0.113. The summed E-state index contributed by atoms with van der Waals surface area (Å²) in [5, 5.41) is 19.4. The highest BCUT2D eigenvalue weighted by Gasteiger charge is 2.16. The summed E-state index contributed by atoms with van der Waals surface area (Å²) in [6.45, 7) is 4.67. The largest absolute Gasteiger partial charge is 0.302 e. The van der Waals surface area contributed by atoms with Gasteiger partial charge in [0.15, 0.2) is 11.0 Å². The van der Waals surface area contributed by atoms with E-state index in [0.29, 0.717) is 11.7 Å². The number of nitrogens with one attached hydrogen (secondary N) is 2. The first-order valence-electron chi connectivity index (χ1n) is 8.49. The molecule has 0 aliphatic carbocycles. The van der Waals surface area contributed by atoms with Crippen LogP contribution in [0, 0.1) is 6.92 Å². The molecule has 154 valence electrons. The zero-order valence-corrected chi connectivity index (χ0v) is 18.4. The maximum atomic E-state index is 12.2. The van der Waals surface area contributed by atoms with Crippen LogP contribution in [0.5, 0.6) is 0 Å². The first kappa shape index (κ1) is 21.2. The Kier molecular flexibility index (Phi) is 6.49. The molecule has 29 heavy (non-hydrogen) atoms. The number of aryl methyl sites for hydroxylation is 1. The highest BCUT2D eigenvalue weighted by Crippen LogP contribution is 2.25. The number of hydrogen-bond donors (Lipinski definition) is 2. The summed E-state index contributed by atoms with van der Waals surface area (Å²) in [5.41, 5.74) is 2.10. The Bertz CT molecular complexity index is 1120. The Morgan fingerprint density at radius 2 is 1.97 bits per heavy atom. The smallest absolute Gasteiger partial charge is 0.236 e. The molecular weight excluding hydrogens is 434 g/mol. The molecule has 0 saturated carbocycles. The maximum absolute atomic E-state index is 12.2. The molecule has 3 rings (SSSR count). The zero-order valence-electron chi connectivity index (χ0n) is 15.9. The van der Waals surface area contributed by atoms with Gasteiger partial charge in [0.2, 0.25) is 26.2 Å². The van der Waals surface area contributed by atoms with Crippen LogP contribution in [0.1, 0.15) is 12.5 Å². The molecule has 0 bridgehead atoms. The van der Waals surface area contributed by atoms with Gasteiger partial charge in [-0.3, -0.25) is 14.8 Å². The number of thioether (sulfide) groups is 1. The Labute approximate surface area is 176 Å². The van der Waals surface area contributed by atoms with E-state index in [1.54, 1.807) is 0 Å². The van der Waals surface area contributed by atoms with Gasteiger partial charge in [0.05, 0.1) is 12.0 Å². The summed E-state index contributed by atoms with van der Waals surface area (Å²) in [7, 11) is -3.45. The average Bonchev–Trinajstić information content (AvgIpc) is 3.24. The molecule has 0 atom stereocenters. The van der Waals surface area contributed by atoms with E-state index in [1.165, 1.54) is 11.8 Å². The second-order valence-corrected chi connectivity index (χ2v) is 9.71. The molecule has 0 unspecified atom stereocenters. The minimum absolute atomic E-state index is 0.0870. The standard InChI is InChI=1S/C16H19N7O3S3/c1-4-23-13(11-7-5-6-10(2)8-11)18-21-16(23)27-9-12(24)17-14-19-20-15(28-14)22-29(3,25)26/h5-8H,4,9H2,1-3H3,(H,20,22)(H,17,19,24). The summed E-state index contributed by atoms with van der Waals surface area (Å²) in [4.78, 5) is 12.2. The fourth-order valence-corrected chi connectivity index (χ4v) is 4.73. The molecule has 2 heterocycles. The summed E-state index contributed by atoms with van der Waals surface area (Å²) in [5.74, 6) is 0.542. The number of carbonyl (C=O) groups excluding carboxylic acids is 1. The van der Waals surface area contributed by atoms with Crippen molar-refractivity contribution in [3.63, 3.8) is 0 Å². The Balaban J connectivity index is 1.63. The highest BCUT2D eigenvalue weighted by atomic mass is 32.2. The molecule has 3 aromatic rings. The molecule has 2 aromatic heterocycles. The van der Waals surface area contributed by atoms with E-state index in [9.17, 15) is 13.2 Å². The number of anilines is 2. The van der Waals surface area contributed by atoms with Gasteiger partial charge in [-0.2, -0.15) is 0 Å². The van der Waals surface area contributed by atoms with Crippen molar-refractivity contribution in [3.8, 4) is 11.4 Å². The topological polar surface area (TPSA) is 132 Å². The fraction of sp³-hybridized carbons (Fsp3) is 0.312. The number of sulfonamides is 1. The van der Waals surface area contributed by atoms with Gasteiger partial charge in [-0.25, -0.2) is 8.42 Å². The van der Waals surface area contributed by atoms with E-state index in [0.717, 1.165) is 34.5 Å². The third-order valence-electron chi connectivity index (χ3n) is 3.59. The minimum Gasteiger partial charge on any atom is -0.302 e. The summed E-state index contributed by atoms with van der Waals surface area (Å²) >= 11 is 2.19. The Morgan fingerprint density at radius 3 is 2.66 bits per heavy atom. The molecule has 10 nitrogen and oxygen atoms in total. The molecular formula is C16H19N7O3S3. The monoisotopic (exact) mass is 453 g/mol. The molecule has 0 aliphatic heterocycles. The van der Waals surface area contributed by atoms with Gasteiger partial charge in [0.1, 0.15) is 0 Å². The van der Waals surface area contributed by atoms with E-state index >= 15 is 0 Å². The van der Waals surface area contributed by atoms with Crippen molar-refractivity contribution < 1.29 is 13.2 Å². The third-order valence-corrected chi connectivity index (χ3v) is 6.00. The second kappa shape index (κ2) is 8.88. The SMILES string of the molecule is CCn1c(SCC(=O)Nc2nnc(NS(C)(=O)=O)s2)nnc1-c1cccc(C)c1. The number of hydrogen-bond acceptors (Lipinski definition) is 9. The third kappa shape index (κ3) is 5.74. The van der Waals surface area contributed by atoms with Crippen molar-refractivity contribution in [2.24, 2.45) is 0 Å². The molecule has 0 radical (unpaired) electrons. The molecule has 0 spiro atoms. The molecule has 0 aliphatic rings. The fourth-order valence-electron chi connectivity index (χ4n) is 2.44. The lowest BCUT2D eigenvalue weighted by atomic mass is 10.1. The van der Waals surface area contributed by atoms with Gasteiger partial charge >= 0.3 is 0 Å². The molecule has 1 aromatic carbocycles. The number of rotatable bonds is 8. The van der Waals surface area contributed by atoms with Gasteiger partial charge in [-0.05, 0) is 19.9 Å². The van der Waals surface area contributed by atoms with Crippen LogP contribution in [-0.4, -0.2) is 51.3 Å². The predicted octanol–water partition coefficient (Wildman–Crippen LogP) is 2.23. The molecule has 13 heteroatoms. The maximum Gasteiger partial charge on any atom is 0.236 e. The normalized spacial score (nSPS) is 11.4. The number of amides is 1. The highest BCUT2D eigenvalue weighted by molar-refractivity contribution is 7.99. The summed E-state index contributed by atoms with van der Waals surface area (Å²) in [6, 6.07) is 7.99. The zero-order chi connectivity index (χ0) is 21.0. The predicted molar refractivity (Wildman–Crippen MR) is 114 cm³/mol. The van der Waals surface area contributed by atoms with Crippen molar-refractivity contribution in [2.45, 2.75) is 25.5 Å². The molecule has 2 N–H and O–H groups in total. The summed E-state index contributed by atoms with van der Waals surface area (Å²) in [6.07, 6.45) is 1.01. The lowest BCUT2D eigenvalue weighted by Gasteiger charge is -2.07.